The quantitative estimate of drug-likeness (QED) is 0.293. The molecule has 1 fully saturated rings. The monoisotopic (exact) mass is 552 g/mol. The van der Waals surface area contributed by atoms with Gasteiger partial charge in [-0.15, -0.1) is 24.0 Å². The maximum Gasteiger partial charge on any atom is 0.191 e. The van der Waals surface area contributed by atoms with Gasteiger partial charge in [0.05, 0.1) is 25.9 Å². The average molecular weight is 553 g/mol. The Kier molecular flexibility index (Phi) is 11.3. The molecule has 2 atom stereocenters. The Morgan fingerprint density at radius 2 is 1.56 bits per heavy atom. The number of nitrogens with one attached hydrogen (secondary N) is 2. The van der Waals surface area contributed by atoms with Gasteiger partial charge in [-0.3, -0.25) is 4.90 Å². The number of hydrogen-bond donors (Lipinski definition) is 2. The van der Waals surface area contributed by atoms with E-state index in [0.717, 1.165) is 50.0 Å². The zero-order valence-electron chi connectivity index (χ0n) is 19.6. The van der Waals surface area contributed by atoms with Crippen LogP contribution in [0.4, 0.5) is 0 Å². The van der Waals surface area contributed by atoms with Crippen molar-refractivity contribution in [3.63, 3.8) is 0 Å². The van der Waals surface area contributed by atoms with Crippen LogP contribution in [0.5, 0.6) is 5.75 Å². The van der Waals surface area contributed by atoms with Crippen molar-refractivity contribution in [1.29, 1.82) is 0 Å². The third-order valence-corrected chi connectivity index (χ3v) is 5.31. The standard InChI is InChI=1S/C25H36N4O2.HI/c1-5-26-25(28-15-22-10-12-24(30-4)13-11-22)27-14-21-6-8-23(9-7-21)18-29-16-19(2)31-20(3)17-29;/h6-13,19-20H,5,14-18H2,1-4H3,(H2,26,27,28);1H. The Balaban J connectivity index is 0.00000363. The van der Waals surface area contributed by atoms with E-state index in [1.54, 1.807) is 7.11 Å². The Labute approximate surface area is 209 Å². The molecule has 7 heteroatoms. The van der Waals surface area contributed by atoms with Gasteiger partial charge < -0.3 is 20.1 Å². The summed E-state index contributed by atoms with van der Waals surface area (Å²) in [6.07, 6.45) is 0.600. The second-order valence-electron chi connectivity index (χ2n) is 8.16. The smallest absolute Gasteiger partial charge is 0.191 e. The first-order valence-electron chi connectivity index (χ1n) is 11.2. The molecule has 2 N–H and O–H groups in total. The lowest BCUT2D eigenvalue weighted by Crippen LogP contribution is -2.44. The molecule has 176 valence electrons. The molecule has 32 heavy (non-hydrogen) atoms. The molecule has 0 spiro atoms. The molecule has 0 radical (unpaired) electrons. The molecule has 0 saturated carbocycles. The first-order chi connectivity index (χ1) is 15.1. The Bertz CT molecular complexity index is 817. The van der Waals surface area contributed by atoms with Crippen LogP contribution >= 0.6 is 24.0 Å². The molecule has 6 nitrogen and oxygen atoms in total. The van der Waals surface area contributed by atoms with Crippen molar-refractivity contribution < 1.29 is 9.47 Å². The maximum atomic E-state index is 5.83. The van der Waals surface area contributed by atoms with E-state index in [-0.39, 0.29) is 24.0 Å². The predicted molar refractivity (Wildman–Crippen MR) is 142 cm³/mol. The van der Waals surface area contributed by atoms with Crippen molar-refractivity contribution in [2.75, 3.05) is 26.7 Å². The molecule has 0 aliphatic carbocycles. The highest BCUT2D eigenvalue weighted by molar-refractivity contribution is 14.0. The van der Waals surface area contributed by atoms with E-state index in [1.165, 1.54) is 11.1 Å². The van der Waals surface area contributed by atoms with E-state index in [0.29, 0.717) is 18.8 Å². The predicted octanol–water partition coefficient (Wildman–Crippen LogP) is 4.18. The topological polar surface area (TPSA) is 58.1 Å². The molecular formula is C25H37IN4O2. The van der Waals surface area contributed by atoms with Gasteiger partial charge in [-0.2, -0.15) is 0 Å². The van der Waals surface area contributed by atoms with E-state index < -0.39 is 0 Å². The summed E-state index contributed by atoms with van der Waals surface area (Å²) in [4.78, 5) is 7.17. The molecule has 2 unspecified atom stereocenters. The minimum absolute atomic E-state index is 0. The van der Waals surface area contributed by atoms with Crippen LogP contribution < -0.4 is 15.4 Å². The highest BCUT2D eigenvalue weighted by atomic mass is 127. The number of morpholine rings is 1. The van der Waals surface area contributed by atoms with Gasteiger partial charge in [0.15, 0.2) is 5.96 Å². The van der Waals surface area contributed by atoms with E-state index in [4.69, 9.17) is 14.5 Å². The third kappa shape index (κ3) is 8.60. The highest BCUT2D eigenvalue weighted by Crippen LogP contribution is 2.15. The Morgan fingerprint density at radius 3 is 2.16 bits per heavy atom. The lowest BCUT2D eigenvalue weighted by Gasteiger charge is -2.35. The number of aliphatic imine (C=N–C) groups is 1. The fraction of sp³-hybridized carbons (Fsp3) is 0.480. The summed E-state index contributed by atoms with van der Waals surface area (Å²) in [5.41, 5.74) is 3.72. The van der Waals surface area contributed by atoms with Crippen molar-refractivity contribution in [2.45, 2.75) is 52.6 Å². The number of hydrogen-bond acceptors (Lipinski definition) is 4. The normalized spacial score (nSPS) is 19.2. The second kappa shape index (κ2) is 13.6. The van der Waals surface area contributed by atoms with Crippen LogP contribution in [0.15, 0.2) is 53.5 Å². The number of benzene rings is 2. The van der Waals surface area contributed by atoms with Gasteiger partial charge in [-0.1, -0.05) is 36.4 Å². The molecule has 1 aliphatic heterocycles. The number of nitrogens with zero attached hydrogens (tertiary/aromatic N) is 2. The van der Waals surface area contributed by atoms with Gasteiger partial charge in [0, 0.05) is 32.7 Å². The van der Waals surface area contributed by atoms with Crippen LogP contribution in [0, 0.1) is 0 Å². The van der Waals surface area contributed by atoms with Gasteiger partial charge in [0.2, 0.25) is 0 Å². The van der Waals surface area contributed by atoms with E-state index in [2.05, 4.69) is 60.6 Å². The third-order valence-electron chi connectivity index (χ3n) is 5.31. The van der Waals surface area contributed by atoms with E-state index in [1.807, 2.05) is 24.3 Å². The van der Waals surface area contributed by atoms with Crippen LogP contribution in [-0.4, -0.2) is 49.8 Å². The molecule has 0 amide bonds. The number of halogens is 1. The minimum atomic E-state index is 0. The number of ether oxygens (including phenoxy) is 2. The van der Waals surface area contributed by atoms with E-state index in [9.17, 15) is 0 Å². The number of guanidine groups is 1. The molecular weight excluding hydrogens is 515 g/mol. The summed E-state index contributed by atoms with van der Waals surface area (Å²) in [5.74, 6) is 1.68. The molecule has 1 saturated heterocycles. The zero-order chi connectivity index (χ0) is 22.1. The number of rotatable bonds is 8. The van der Waals surface area contributed by atoms with Crippen LogP contribution in [0.2, 0.25) is 0 Å². The first kappa shape index (κ1) is 26.4. The Morgan fingerprint density at radius 1 is 0.969 bits per heavy atom. The van der Waals surface area contributed by atoms with Crippen molar-refractivity contribution in [3.8, 4) is 5.75 Å². The van der Waals surface area contributed by atoms with Gasteiger partial charge in [-0.05, 0) is 49.6 Å². The summed E-state index contributed by atoms with van der Waals surface area (Å²) in [6, 6.07) is 16.9. The Hall–Kier alpha value is -1.84. The highest BCUT2D eigenvalue weighted by Gasteiger charge is 2.21. The summed E-state index contributed by atoms with van der Waals surface area (Å²) in [6.45, 7) is 11.5. The summed E-state index contributed by atoms with van der Waals surface area (Å²) >= 11 is 0. The van der Waals surface area contributed by atoms with Crippen molar-refractivity contribution >= 4 is 29.9 Å². The summed E-state index contributed by atoms with van der Waals surface area (Å²) in [7, 11) is 1.68. The summed E-state index contributed by atoms with van der Waals surface area (Å²) < 4.78 is 11.0. The van der Waals surface area contributed by atoms with Crippen molar-refractivity contribution in [3.05, 3.63) is 65.2 Å². The van der Waals surface area contributed by atoms with Gasteiger partial charge in [-0.25, -0.2) is 4.99 Å². The zero-order valence-corrected chi connectivity index (χ0v) is 22.0. The molecule has 0 aromatic heterocycles. The lowest BCUT2D eigenvalue weighted by molar-refractivity contribution is -0.0704. The molecule has 0 bridgehead atoms. The number of methoxy groups -OCH3 is 1. The van der Waals surface area contributed by atoms with Crippen LogP contribution in [-0.2, 0) is 24.4 Å². The average Bonchev–Trinajstić information content (AvgIpc) is 2.76. The van der Waals surface area contributed by atoms with Gasteiger partial charge in [0.1, 0.15) is 5.75 Å². The van der Waals surface area contributed by atoms with Crippen LogP contribution in [0.3, 0.4) is 0 Å². The van der Waals surface area contributed by atoms with E-state index >= 15 is 0 Å². The minimum Gasteiger partial charge on any atom is -0.497 e. The maximum absolute atomic E-state index is 5.83. The fourth-order valence-corrected chi connectivity index (χ4v) is 3.86. The first-order valence-corrected chi connectivity index (χ1v) is 11.2. The lowest BCUT2D eigenvalue weighted by atomic mass is 10.1. The molecule has 1 aliphatic rings. The SMILES string of the molecule is CCNC(=NCc1ccc(OC)cc1)NCc1ccc(CN2CC(C)OC(C)C2)cc1.I. The molecule has 2 aromatic rings. The van der Waals surface area contributed by atoms with Gasteiger partial charge in [0.25, 0.3) is 0 Å². The van der Waals surface area contributed by atoms with Crippen LogP contribution in [0.1, 0.15) is 37.5 Å². The molecule has 2 aromatic carbocycles. The molecule has 1 heterocycles. The van der Waals surface area contributed by atoms with Gasteiger partial charge >= 0.3 is 0 Å². The molecule has 3 rings (SSSR count). The largest absolute Gasteiger partial charge is 0.497 e. The second-order valence-corrected chi connectivity index (χ2v) is 8.16. The summed E-state index contributed by atoms with van der Waals surface area (Å²) in [5, 5.41) is 6.74. The van der Waals surface area contributed by atoms with Crippen molar-refractivity contribution in [1.82, 2.24) is 15.5 Å². The van der Waals surface area contributed by atoms with Crippen molar-refractivity contribution in [2.24, 2.45) is 4.99 Å². The fourth-order valence-electron chi connectivity index (χ4n) is 3.86. The van der Waals surface area contributed by atoms with Crippen LogP contribution in [0.25, 0.3) is 0 Å².